The number of rotatable bonds is 9. The Morgan fingerprint density at radius 3 is 2.58 bits per heavy atom. The van der Waals surface area contributed by atoms with E-state index in [1.165, 1.54) is 28.2 Å². The molecule has 2 aliphatic rings. The van der Waals surface area contributed by atoms with Gasteiger partial charge in [-0.3, -0.25) is 14.5 Å². The van der Waals surface area contributed by atoms with Crippen LogP contribution in [0.1, 0.15) is 16.8 Å². The van der Waals surface area contributed by atoms with E-state index >= 15 is 0 Å². The third kappa shape index (κ3) is 5.66. The third-order valence-corrected chi connectivity index (χ3v) is 8.03. The zero-order valence-electron chi connectivity index (χ0n) is 20.5. The van der Waals surface area contributed by atoms with Crippen molar-refractivity contribution in [3.63, 3.8) is 0 Å². The van der Waals surface area contributed by atoms with Gasteiger partial charge in [0, 0.05) is 11.1 Å². The van der Waals surface area contributed by atoms with E-state index in [0.29, 0.717) is 17.1 Å². The van der Waals surface area contributed by atoms with Crippen molar-refractivity contribution in [3.8, 4) is 5.75 Å². The first-order valence-corrected chi connectivity index (χ1v) is 13.8. The Morgan fingerprint density at radius 2 is 1.87 bits per heavy atom. The predicted octanol–water partition coefficient (Wildman–Crippen LogP) is 3.81. The number of hydrogen-bond acceptors (Lipinski definition) is 8. The van der Waals surface area contributed by atoms with Crippen LogP contribution >= 0.6 is 23.3 Å². The summed E-state index contributed by atoms with van der Waals surface area (Å²) in [4.78, 5) is 40.6. The minimum Gasteiger partial charge on any atom is -0.497 e. The van der Waals surface area contributed by atoms with Crippen molar-refractivity contribution in [2.75, 3.05) is 12.9 Å². The number of fused-ring (bicyclic) bond motifs is 1. The molecule has 2 amide bonds. The molecule has 1 aromatic heterocycles. The quantitative estimate of drug-likeness (QED) is 0.321. The predicted molar refractivity (Wildman–Crippen MR) is 146 cm³/mol. The van der Waals surface area contributed by atoms with Crippen LogP contribution in [-0.2, 0) is 32.1 Å². The lowest BCUT2D eigenvalue weighted by molar-refractivity contribution is -0.153. The molecule has 38 heavy (non-hydrogen) atoms. The number of β-lactam (4-membered cyclic amide) rings is 1. The molecule has 10 heteroatoms. The second kappa shape index (κ2) is 11.7. The Morgan fingerprint density at radius 1 is 1.08 bits per heavy atom. The summed E-state index contributed by atoms with van der Waals surface area (Å²) in [5.41, 5.74) is 3.29. The number of nitrogens with one attached hydrogen (secondary N) is 1. The molecule has 0 aliphatic carbocycles. The van der Waals surface area contributed by atoms with Gasteiger partial charge in [-0.1, -0.05) is 48.5 Å². The summed E-state index contributed by atoms with van der Waals surface area (Å²) in [6.07, 6.45) is 3.79. The summed E-state index contributed by atoms with van der Waals surface area (Å²) in [5.74, 6) is 0.0196. The molecular weight excluding hydrogens is 522 g/mol. The average molecular weight is 548 g/mol. The molecule has 3 heterocycles. The maximum atomic E-state index is 13.3. The minimum atomic E-state index is -0.704. The van der Waals surface area contributed by atoms with Crippen LogP contribution in [-0.4, -0.2) is 51.3 Å². The number of thioether (sulfide) groups is 1. The monoisotopic (exact) mass is 547 g/mol. The summed E-state index contributed by atoms with van der Waals surface area (Å²) in [6.45, 7) is 0.0481. The summed E-state index contributed by atoms with van der Waals surface area (Å²) >= 11 is 2.83. The van der Waals surface area contributed by atoms with Crippen molar-refractivity contribution in [1.29, 1.82) is 0 Å². The lowest BCUT2D eigenvalue weighted by Crippen LogP contribution is -2.70. The van der Waals surface area contributed by atoms with Gasteiger partial charge >= 0.3 is 5.97 Å². The maximum Gasteiger partial charge on any atom is 0.355 e. The van der Waals surface area contributed by atoms with E-state index in [9.17, 15) is 14.4 Å². The van der Waals surface area contributed by atoms with Gasteiger partial charge in [0.25, 0.3) is 5.91 Å². The number of carbonyl (C=O) groups excluding carboxylic acids is 3. The van der Waals surface area contributed by atoms with Crippen molar-refractivity contribution >= 4 is 47.2 Å². The minimum absolute atomic E-state index is 0.0481. The van der Waals surface area contributed by atoms with Crippen LogP contribution in [0.25, 0.3) is 6.08 Å². The third-order valence-electron chi connectivity index (χ3n) is 6.16. The first kappa shape index (κ1) is 25.7. The lowest BCUT2D eigenvalue weighted by atomic mass is 10.0. The van der Waals surface area contributed by atoms with E-state index in [4.69, 9.17) is 9.47 Å². The fraction of sp³-hybridized carbons (Fsp3) is 0.214. The molecule has 0 bridgehead atoms. The summed E-state index contributed by atoms with van der Waals surface area (Å²) in [6, 6.07) is 17.7. The van der Waals surface area contributed by atoms with Crippen molar-refractivity contribution in [2.45, 2.75) is 24.4 Å². The number of nitrogens with zero attached hydrogens (tertiary/aromatic N) is 2. The molecule has 2 aliphatic heterocycles. The van der Waals surface area contributed by atoms with Gasteiger partial charge in [0.1, 0.15) is 29.5 Å². The molecule has 194 valence electrons. The van der Waals surface area contributed by atoms with E-state index < -0.39 is 12.0 Å². The standard InChI is InChI=1S/C28H25N3O5S2/c1-35-22-11-7-19(8-12-22)16-36-28(34)25-20(9-10-21-13-14-38-30-21)17-37-27-24(26(33)31(25)27)29-23(32)15-18-5-3-2-4-6-18/h2-14,24,27H,15-17H2,1H3,(H,29,32)/t24-,27-/m0/s1. The number of benzene rings is 2. The highest BCUT2D eigenvalue weighted by Gasteiger charge is 2.54. The second-order valence-corrected chi connectivity index (χ2v) is 10.4. The average Bonchev–Trinajstić information content (AvgIpc) is 3.47. The number of esters is 1. The van der Waals surface area contributed by atoms with Crippen LogP contribution in [0.15, 0.2) is 83.4 Å². The van der Waals surface area contributed by atoms with Crippen molar-refractivity contribution in [3.05, 3.63) is 100 Å². The lowest BCUT2D eigenvalue weighted by Gasteiger charge is -2.49. The molecule has 0 unspecified atom stereocenters. The Kier molecular flexibility index (Phi) is 7.90. The largest absolute Gasteiger partial charge is 0.497 e. The van der Waals surface area contributed by atoms with Crippen molar-refractivity contribution in [2.24, 2.45) is 0 Å². The summed E-state index contributed by atoms with van der Waals surface area (Å²) in [7, 11) is 1.58. The van der Waals surface area contributed by atoms with E-state index in [2.05, 4.69) is 9.69 Å². The molecule has 5 rings (SSSR count). The summed E-state index contributed by atoms with van der Waals surface area (Å²) < 4.78 is 15.1. The van der Waals surface area contributed by atoms with Crippen LogP contribution in [0, 0.1) is 0 Å². The van der Waals surface area contributed by atoms with Crippen molar-refractivity contribution in [1.82, 2.24) is 14.6 Å². The Balaban J connectivity index is 1.32. The van der Waals surface area contributed by atoms with E-state index in [0.717, 1.165) is 16.8 Å². The molecule has 0 saturated carbocycles. The number of carbonyl (C=O) groups is 3. The zero-order chi connectivity index (χ0) is 26.5. The topological polar surface area (TPSA) is 97.8 Å². The van der Waals surface area contributed by atoms with Gasteiger partial charge in [0.05, 0.1) is 19.2 Å². The normalized spacial score (nSPS) is 18.7. The van der Waals surface area contributed by atoms with Gasteiger partial charge < -0.3 is 14.8 Å². The number of allylic oxidation sites excluding steroid dienone is 1. The van der Waals surface area contributed by atoms with Gasteiger partial charge in [-0.25, -0.2) is 4.79 Å². The van der Waals surface area contributed by atoms with Crippen LogP contribution in [0.2, 0.25) is 0 Å². The molecule has 0 radical (unpaired) electrons. The highest BCUT2D eigenvalue weighted by Crippen LogP contribution is 2.41. The molecule has 2 atom stereocenters. The second-order valence-electron chi connectivity index (χ2n) is 8.67. The number of ether oxygens (including phenoxy) is 2. The van der Waals surface area contributed by atoms with Crippen LogP contribution in [0.5, 0.6) is 5.75 Å². The number of hydrogen-bond donors (Lipinski definition) is 1. The zero-order valence-corrected chi connectivity index (χ0v) is 22.2. The van der Waals surface area contributed by atoms with Crippen LogP contribution in [0.3, 0.4) is 0 Å². The van der Waals surface area contributed by atoms with E-state index in [1.54, 1.807) is 25.3 Å². The molecule has 2 aromatic carbocycles. The van der Waals surface area contributed by atoms with Gasteiger partial charge in [-0.05, 0) is 52.5 Å². The first-order chi connectivity index (χ1) is 18.5. The van der Waals surface area contributed by atoms with Crippen molar-refractivity contribution < 1.29 is 23.9 Å². The number of amides is 2. The number of methoxy groups -OCH3 is 1. The Bertz CT molecular complexity index is 1370. The van der Waals surface area contributed by atoms with Gasteiger partial charge in [-0.15, -0.1) is 11.8 Å². The van der Waals surface area contributed by atoms with Gasteiger partial charge in [-0.2, -0.15) is 4.37 Å². The highest BCUT2D eigenvalue weighted by atomic mass is 32.2. The molecule has 1 fully saturated rings. The Hall–Kier alpha value is -3.89. The first-order valence-electron chi connectivity index (χ1n) is 11.9. The molecule has 0 spiro atoms. The van der Waals surface area contributed by atoms with Crippen LogP contribution in [0.4, 0.5) is 0 Å². The fourth-order valence-corrected chi connectivity index (χ4v) is 6.02. The van der Waals surface area contributed by atoms with E-state index in [-0.39, 0.29) is 35.9 Å². The van der Waals surface area contributed by atoms with Gasteiger partial charge in [0.15, 0.2) is 0 Å². The fourth-order valence-electron chi connectivity index (χ4n) is 4.20. The summed E-state index contributed by atoms with van der Waals surface area (Å²) in [5, 5.41) is 4.33. The molecular formula is C28H25N3O5S2. The SMILES string of the molecule is COc1ccc(COC(=O)C2=C(C=Cc3ccsn3)CS[C@H]3[C@@H](NC(=O)Cc4ccccc4)C(=O)N23)cc1. The van der Waals surface area contributed by atoms with E-state index in [1.807, 2.05) is 60.0 Å². The molecule has 8 nitrogen and oxygen atoms in total. The van der Waals surface area contributed by atoms with Crippen LogP contribution < -0.4 is 10.1 Å². The molecule has 1 N–H and O–H groups in total. The van der Waals surface area contributed by atoms with Gasteiger partial charge in [0.2, 0.25) is 5.91 Å². The molecule has 1 saturated heterocycles. The number of aromatic nitrogens is 1. The Labute approximate surface area is 228 Å². The molecule has 3 aromatic rings. The smallest absolute Gasteiger partial charge is 0.355 e. The highest BCUT2D eigenvalue weighted by molar-refractivity contribution is 8.00. The maximum absolute atomic E-state index is 13.3.